The monoisotopic (exact) mass is 212 g/mol. The molecule has 2 aromatic rings. The van der Waals surface area contributed by atoms with E-state index >= 15 is 0 Å². The van der Waals surface area contributed by atoms with Crippen molar-refractivity contribution >= 4 is 10.9 Å². The van der Waals surface area contributed by atoms with Gasteiger partial charge in [0.2, 0.25) is 0 Å². The van der Waals surface area contributed by atoms with Gasteiger partial charge in [-0.05, 0) is 31.2 Å². The van der Waals surface area contributed by atoms with E-state index in [0.717, 1.165) is 16.7 Å². The smallest absolute Gasteiger partial charge is 0.120 e. The van der Waals surface area contributed by atoms with Crippen molar-refractivity contribution in [2.24, 2.45) is 5.92 Å². The Morgan fingerprint density at radius 2 is 2.31 bits per heavy atom. The molecule has 0 radical (unpaired) electrons. The Bertz CT molecular complexity index is 531. The normalized spacial score (nSPS) is 12.0. The molecule has 0 saturated carbocycles. The number of fused-ring (bicyclic) bond motifs is 1. The molecular weight excluding hydrogens is 200 g/mol. The molecule has 0 saturated heterocycles. The highest BCUT2D eigenvalue weighted by Crippen LogP contribution is 2.19. The molecule has 0 fully saturated rings. The van der Waals surface area contributed by atoms with Gasteiger partial charge in [0.15, 0.2) is 0 Å². The number of hydrogen-bond acceptors (Lipinski definition) is 3. The molecule has 0 N–H and O–H groups in total. The van der Waals surface area contributed by atoms with Crippen LogP contribution in [0.5, 0.6) is 5.75 Å². The lowest BCUT2D eigenvalue weighted by Gasteiger charge is -2.07. The summed E-state index contributed by atoms with van der Waals surface area (Å²) < 4.78 is 5.52. The van der Waals surface area contributed by atoms with Crippen LogP contribution in [0, 0.1) is 17.2 Å². The molecule has 0 aliphatic rings. The second kappa shape index (κ2) is 4.63. The van der Waals surface area contributed by atoms with Crippen LogP contribution in [0.1, 0.15) is 6.92 Å². The number of nitrogens with zero attached hydrogens (tertiary/aromatic N) is 2. The summed E-state index contributed by atoms with van der Waals surface area (Å²) in [6.45, 7) is 2.25. The van der Waals surface area contributed by atoms with E-state index in [1.54, 1.807) is 6.20 Å². The Labute approximate surface area is 94.3 Å². The molecule has 0 bridgehead atoms. The Kier molecular flexibility index (Phi) is 3.02. The van der Waals surface area contributed by atoms with Crippen LogP contribution in [0.25, 0.3) is 10.9 Å². The lowest BCUT2D eigenvalue weighted by molar-refractivity contribution is 0.288. The summed E-state index contributed by atoms with van der Waals surface area (Å²) in [5, 5.41) is 9.69. The summed E-state index contributed by atoms with van der Waals surface area (Å²) in [7, 11) is 0. The number of hydrogen-bond donors (Lipinski definition) is 0. The minimum absolute atomic E-state index is 0.0930. The van der Waals surface area contributed by atoms with Crippen molar-refractivity contribution in [1.29, 1.82) is 5.26 Å². The van der Waals surface area contributed by atoms with Crippen molar-refractivity contribution in [2.75, 3.05) is 6.61 Å². The summed E-state index contributed by atoms with van der Waals surface area (Å²) in [4.78, 5) is 4.23. The molecule has 3 heteroatoms. The minimum Gasteiger partial charge on any atom is -0.492 e. The number of nitriles is 1. The quantitative estimate of drug-likeness (QED) is 0.785. The number of pyridine rings is 1. The molecule has 1 unspecified atom stereocenters. The van der Waals surface area contributed by atoms with E-state index < -0.39 is 0 Å². The van der Waals surface area contributed by atoms with Gasteiger partial charge in [-0.3, -0.25) is 4.98 Å². The number of ether oxygens (including phenoxy) is 1. The van der Waals surface area contributed by atoms with Gasteiger partial charge in [0.05, 0.1) is 17.5 Å². The Morgan fingerprint density at radius 3 is 3.12 bits per heavy atom. The van der Waals surface area contributed by atoms with Gasteiger partial charge in [0, 0.05) is 11.6 Å². The summed E-state index contributed by atoms with van der Waals surface area (Å²) in [6, 6.07) is 11.7. The van der Waals surface area contributed by atoms with Crippen LogP contribution in [-0.4, -0.2) is 11.6 Å². The molecule has 1 atom stereocenters. The lowest BCUT2D eigenvalue weighted by atomic mass is 10.2. The second-order valence-corrected chi connectivity index (χ2v) is 3.70. The van der Waals surface area contributed by atoms with Crippen molar-refractivity contribution in [1.82, 2.24) is 4.98 Å². The molecule has 1 heterocycles. The summed E-state index contributed by atoms with van der Waals surface area (Å²) in [6.07, 6.45) is 1.76. The predicted octanol–water partition coefficient (Wildman–Crippen LogP) is 2.77. The van der Waals surface area contributed by atoms with E-state index in [-0.39, 0.29) is 5.92 Å². The molecule has 1 aromatic carbocycles. The molecule has 3 nitrogen and oxygen atoms in total. The van der Waals surface area contributed by atoms with Crippen molar-refractivity contribution in [3.63, 3.8) is 0 Å². The van der Waals surface area contributed by atoms with Crippen LogP contribution in [0.2, 0.25) is 0 Å². The molecule has 2 rings (SSSR count). The standard InChI is InChI=1S/C13H12N2O/c1-10(8-14)9-16-12-4-5-13-11(7-12)3-2-6-15-13/h2-7,10H,9H2,1H3. The first-order valence-corrected chi connectivity index (χ1v) is 5.17. The largest absolute Gasteiger partial charge is 0.492 e. The fraction of sp³-hybridized carbons (Fsp3) is 0.231. The Morgan fingerprint density at radius 1 is 1.44 bits per heavy atom. The van der Waals surface area contributed by atoms with Gasteiger partial charge < -0.3 is 4.74 Å². The minimum atomic E-state index is -0.0930. The first kappa shape index (κ1) is 10.4. The van der Waals surface area contributed by atoms with Crippen LogP contribution in [-0.2, 0) is 0 Å². The third-order valence-electron chi connectivity index (χ3n) is 2.29. The van der Waals surface area contributed by atoms with E-state index in [2.05, 4.69) is 11.1 Å². The van der Waals surface area contributed by atoms with Gasteiger partial charge in [0.25, 0.3) is 0 Å². The van der Waals surface area contributed by atoms with E-state index in [1.165, 1.54) is 0 Å². The Hall–Kier alpha value is -2.08. The van der Waals surface area contributed by atoms with Crippen molar-refractivity contribution < 1.29 is 4.74 Å². The van der Waals surface area contributed by atoms with Crippen LogP contribution < -0.4 is 4.74 Å². The molecular formula is C13H12N2O. The lowest BCUT2D eigenvalue weighted by Crippen LogP contribution is -2.05. The molecule has 1 aromatic heterocycles. The second-order valence-electron chi connectivity index (χ2n) is 3.70. The Balaban J connectivity index is 2.17. The molecule has 0 spiro atoms. The van der Waals surface area contributed by atoms with Gasteiger partial charge in [0.1, 0.15) is 12.4 Å². The van der Waals surface area contributed by atoms with Crippen molar-refractivity contribution in [3.05, 3.63) is 36.5 Å². The average molecular weight is 212 g/mol. The van der Waals surface area contributed by atoms with E-state index in [4.69, 9.17) is 10.00 Å². The molecule has 16 heavy (non-hydrogen) atoms. The highest BCUT2D eigenvalue weighted by Gasteiger charge is 2.02. The van der Waals surface area contributed by atoms with E-state index in [1.807, 2.05) is 37.3 Å². The van der Waals surface area contributed by atoms with Gasteiger partial charge >= 0.3 is 0 Å². The molecule has 0 aliphatic heterocycles. The SMILES string of the molecule is CC(C#N)COc1ccc2ncccc2c1. The zero-order valence-corrected chi connectivity index (χ0v) is 9.05. The van der Waals surface area contributed by atoms with Gasteiger partial charge in [-0.25, -0.2) is 0 Å². The maximum absolute atomic E-state index is 8.64. The van der Waals surface area contributed by atoms with Gasteiger partial charge in [-0.15, -0.1) is 0 Å². The number of aromatic nitrogens is 1. The van der Waals surface area contributed by atoms with E-state index in [9.17, 15) is 0 Å². The molecule has 80 valence electrons. The fourth-order valence-corrected chi connectivity index (χ4v) is 1.40. The van der Waals surface area contributed by atoms with Gasteiger partial charge in [-0.2, -0.15) is 5.26 Å². The summed E-state index contributed by atoms with van der Waals surface area (Å²) in [5.41, 5.74) is 0.947. The molecule has 0 amide bonds. The maximum Gasteiger partial charge on any atom is 0.120 e. The highest BCUT2D eigenvalue weighted by atomic mass is 16.5. The third kappa shape index (κ3) is 2.29. The summed E-state index contributed by atoms with van der Waals surface area (Å²) >= 11 is 0. The van der Waals surface area contributed by atoms with E-state index in [0.29, 0.717) is 6.61 Å². The first-order chi connectivity index (χ1) is 7.79. The molecule has 0 aliphatic carbocycles. The number of rotatable bonds is 3. The van der Waals surface area contributed by atoms with Crippen LogP contribution >= 0.6 is 0 Å². The third-order valence-corrected chi connectivity index (χ3v) is 2.29. The maximum atomic E-state index is 8.64. The fourth-order valence-electron chi connectivity index (χ4n) is 1.40. The first-order valence-electron chi connectivity index (χ1n) is 5.17. The van der Waals surface area contributed by atoms with Gasteiger partial charge in [-0.1, -0.05) is 6.07 Å². The zero-order chi connectivity index (χ0) is 11.4. The zero-order valence-electron chi connectivity index (χ0n) is 9.05. The average Bonchev–Trinajstić information content (AvgIpc) is 2.35. The topological polar surface area (TPSA) is 45.9 Å². The van der Waals surface area contributed by atoms with Crippen LogP contribution in [0.15, 0.2) is 36.5 Å². The predicted molar refractivity (Wildman–Crippen MR) is 62.0 cm³/mol. The summed E-state index contributed by atoms with van der Waals surface area (Å²) in [5.74, 6) is 0.687. The number of benzene rings is 1. The van der Waals surface area contributed by atoms with Crippen molar-refractivity contribution in [3.8, 4) is 11.8 Å². The van der Waals surface area contributed by atoms with Crippen LogP contribution in [0.4, 0.5) is 0 Å². The highest BCUT2D eigenvalue weighted by molar-refractivity contribution is 5.79. The van der Waals surface area contributed by atoms with Crippen LogP contribution in [0.3, 0.4) is 0 Å². The van der Waals surface area contributed by atoms with Crippen molar-refractivity contribution in [2.45, 2.75) is 6.92 Å².